The van der Waals surface area contributed by atoms with Crippen LogP contribution in [0.3, 0.4) is 0 Å². The zero-order chi connectivity index (χ0) is 18.8. The van der Waals surface area contributed by atoms with Crippen LogP contribution in [-0.4, -0.2) is 59.9 Å². The molecule has 0 amide bonds. The molecule has 0 bridgehead atoms. The predicted molar refractivity (Wildman–Crippen MR) is 99.7 cm³/mol. The Balaban J connectivity index is 0.00000261. The minimum absolute atomic E-state index is 0. The average molecular weight is 503 g/mol. The third-order valence-corrected chi connectivity index (χ3v) is 6.08. The number of hydrogen-bond acceptors (Lipinski definition) is 4. The van der Waals surface area contributed by atoms with Crippen LogP contribution in [0, 0.1) is 0 Å². The van der Waals surface area contributed by atoms with Crippen LogP contribution in [0.15, 0.2) is 64.4 Å². The number of hydrogen-bond donors (Lipinski definition) is 0. The standard InChI is InChI=1S/C20H26NO4S.HI/c1-21(2,3)13-17-14-24-15-20(25-17)16-9-11-19(12-10-16)26(22,23)18-7-5-4-6-8-18;/h4-12,17,20H,13-15H2,1-3H3;1H/q+1;/p-1/t17-,20-;/m1./s1. The molecule has 2 atom stereocenters. The summed E-state index contributed by atoms with van der Waals surface area (Å²) in [6, 6.07) is 15.4. The van der Waals surface area contributed by atoms with E-state index in [0.29, 0.717) is 18.1 Å². The highest BCUT2D eigenvalue weighted by molar-refractivity contribution is 7.91. The second-order valence-electron chi connectivity index (χ2n) is 7.64. The Hall–Kier alpha value is -1.000. The maximum atomic E-state index is 12.7. The van der Waals surface area contributed by atoms with Gasteiger partial charge in [-0.3, -0.25) is 0 Å². The molecule has 1 heterocycles. The van der Waals surface area contributed by atoms with Gasteiger partial charge in [0.15, 0.2) is 0 Å². The van der Waals surface area contributed by atoms with Gasteiger partial charge in [-0.25, -0.2) is 8.42 Å². The highest BCUT2D eigenvalue weighted by Gasteiger charge is 2.28. The summed E-state index contributed by atoms with van der Waals surface area (Å²) < 4.78 is 38.0. The van der Waals surface area contributed by atoms with E-state index in [1.165, 1.54) is 0 Å². The Morgan fingerprint density at radius 2 is 1.52 bits per heavy atom. The minimum Gasteiger partial charge on any atom is -1.00 e. The van der Waals surface area contributed by atoms with Crippen molar-refractivity contribution in [3.05, 3.63) is 60.2 Å². The summed E-state index contributed by atoms with van der Waals surface area (Å²) in [6.45, 7) is 1.93. The van der Waals surface area contributed by atoms with Gasteiger partial charge in [-0.1, -0.05) is 30.3 Å². The van der Waals surface area contributed by atoms with Crippen LogP contribution >= 0.6 is 0 Å². The Bertz CT molecular complexity index is 833. The fourth-order valence-electron chi connectivity index (χ4n) is 3.10. The number of rotatable bonds is 5. The van der Waals surface area contributed by atoms with Crippen molar-refractivity contribution < 1.29 is 46.4 Å². The van der Waals surface area contributed by atoms with Gasteiger partial charge >= 0.3 is 0 Å². The Morgan fingerprint density at radius 1 is 0.926 bits per heavy atom. The number of nitrogens with zero attached hydrogens (tertiary/aromatic N) is 1. The zero-order valence-corrected chi connectivity index (χ0v) is 18.8. The topological polar surface area (TPSA) is 52.6 Å². The lowest BCUT2D eigenvalue weighted by atomic mass is 10.1. The van der Waals surface area contributed by atoms with Crippen LogP contribution in [0.5, 0.6) is 0 Å². The van der Waals surface area contributed by atoms with Gasteiger partial charge in [-0.05, 0) is 29.8 Å². The highest BCUT2D eigenvalue weighted by Crippen LogP contribution is 2.27. The van der Waals surface area contributed by atoms with E-state index in [9.17, 15) is 8.42 Å². The van der Waals surface area contributed by atoms with Crippen molar-refractivity contribution in [3.63, 3.8) is 0 Å². The fraction of sp³-hybridized carbons (Fsp3) is 0.400. The normalized spacial score (nSPS) is 20.7. The molecule has 0 aliphatic carbocycles. The zero-order valence-electron chi connectivity index (χ0n) is 15.8. The SMILES string of the molecule is C[N+](C)(C)C[C@@H]1COC[C@H](c2ccc(S(=O)(=O)c3ccccc3)cc2)O1.[I-]. The third-order valence-electron chi connectivity index (χ3n) is 4.30. The highest BCUT2D eigenvalue weighted by atomic mass is 127. The molecule has 1 saturated heterocycles. The molecule has 3 rings (SSSR count). The summed E-state index contributed by atoms with van der Waals surface area (Å²) in [5.41, 5.74) is 0.933. The molecule has 0 aromatic heterocycles. The molecule has 5 nitrogen and oxygen atoms in total. The maximum absolute atomic E-state index is 12.7. The van der Waals surface area contributed by atoms with Gasteiger partial charge in [0.2, 0.25) is 9.84 Å². The molecule has 27 heavy (non-hydrogen) atoms. The smallest absolute Gasteiger partial charge is 0.206 e. The first kappa shape index (κ1) is 22.3. The second-order valence-corrected chi connectivity index (χ2v) is 9.59. The van der Waals surface area contributed by atoms with Gasteiger partial charge in [0.05, 0.1) is 44.1 Å². The van der Waals surface area contributed by atoms with Crippen LogP contribution in [0.1, 0.15) is 11.7 Å². The molecule has 0 N–H and O–H groups in total. The van der Waals surface area contributed by atoms with E-state index in [1.54, 1.807) is 42.5 Å². The molecular formula is C20H26INO4S. The molecule has 1 aliphatic heterocycles. The molecule has 0 spiro atoms. The van der Waals surface area contributed by atoms with Gasteiger partial charge in [0.25, 0.3) is 0 Å². The van der Waals surface area contributed by atoms with Gasteiger partial charge in [-0.2, -0.15) is 0 Å². The summed E-state index contributed by atoms with van der Waals surface area (Å²) in [4.78, 5) is 0.583. The first-order chi connectivity index (χ1) is 12.3. The minimum atomic E-state index is -3.50. The molecule has 0 saturated carbocycles. The molecule has 2 aromatic carbocycles. The summed E-state index contributed by atoms with van der Waals surface area (Å²) in [5.74, 6) is 0. The first-order valence-electron chi connectivity index (χ1n) is 8.69. The van der Waals surface area contributed by atoms with Crippen LogP contribution in [0.2, 0.25) is 0 Å². The monoisotopic (exact) mass is 503 g/mol. The van der Waals surface area contributed by atoms with Crippen molar-refractivity contribution in [1.82, 2.24) is 0 Å². The van der Waals surface area contributed by atoms with Crippen molar-refractivity contribution in [3.8, 4) is 0 Å². The first-order valence-corrected chi connectivity index (χ1v) is 10.2. The van der Waals surface area contributed by atoms with Crippen LogP contribution in [0.25, 0.3) is 0 Å². The predicted octanol–water partition coefficient (Wildman–Crippen LogP) is -0.314. The number of benzene rings is 2. The molecule has 7 heteroatoms. The van der Waals surface area contributed by atoms with E-state index in [0.717, 1.165) is 16.6 Å². The summed E-state index contributed by atoms with van der Waals surface area (Å²) in [7, 11) is 2.87. The number of quaternary nitrogens is 1. The number of likely N-dealkylation sites (N-methyl/N-ethyl adjacent to an activating group) is 1. The summed E-state index contributed by atoms with van der Waals surface area (Å²) in [6.07, 6.45) is -0.143. The molecule has 0 unspecified atom stereocenters. The van der Waals surface area contributed by atoms with Gasteiger partial charge < -0.3 is 37.9 Å². The van der Waals surface area contributed by atoms with Crippen molar-refractivity contribution in [2.24, 2.45) is 0 Å². The number of ether oxygens (including phenoxy) is 2. The van der Waals surface area contributed by atoms with Crippen LogP contribution in [0.4, 0.5) is 0 Å². The molecule has 0 radical (unpaired) electrons. The molecule has 148 valence electrons. The van der Waals surface area contributed by atoms with Crippen molar-refractivity contribution in [2.45, 2.75) is 22.0 Å². The molecular weight excluding hydrogens is 477 g/mol. The lowest BCUT2D eigenvalue weighted by Gasteiger charge is -2.34. The molecule has 1 fully saturated rings. The van der Waals surface area contributed by atoms with E-state index >= 15 is 0 Å². The Kier molecular flexibility index (Phi) is 7.43. The van der Waals surface area contributed by atoms with Crippen molar-refractivity contribution in [1.29, 1.82) is 0 Å². The second kappa shape index (κ2) is 9.00. The lowest BCUT2D eigenvalue weighted by molar-refractivity contribution is -0.874. The molecule has 1 aliphatic rings. The molecule has 2 aromatic rings. The van der Waals surface area contributed by atoms with E-state index in [2.05, 4.69) is 21.1 Å². The third kappa shape index (κ3) is 5.74. The quantitative estimate of drug-likeness (QED) is 0.415. The van der Waals surface area contributed by atoms with Crippen LogP contribution in [-0.2, 0) is 19.3 Å². The average Bonchev–Trinajstić information content (AvgIpc) is 2.61. The van der Waals surface area contributed by atoms with Gasteiger partial charge in [0, 0.05) is 0 Å². The largest absolute Gasteiger partial charge is 1.00 e. The van der Waals surface area contributed by atoms with Gasteiger partial charge in [-0.15, -0.1) is 0 Å². The van der Waals surface area contributed by atoms with Crippen LogP contribution < -0.4 is 24.0 Å². The van der Waals surface area contributed by atoms with Crippen molar-refractivity contribution in [2.75, 3.05) is 40.9 Å². The van der Waals surface area contributed by atoms with E-state index in [1.807, 2.05) is 12.1 Å². The maximum Gasteiger partial charge on any atom is 0.206 e. The Morgan fingerprint density at radius 3 is 2.11 bits per heavy atom. The lowest BCUT2D eigenvalue weighted by Crippen LogP contribution is -3.00. The van der Waals surface area contributed by atoms with Gasteiger partial charge in [0.1, 0.15) is 18.8 Å². The van der Waals surface area contributed by atoms with E-state index < -0.39 is 9.84 Å². The number of halogens is 1. The van der Waals surface area contributed by atoms with E-state index in [-0.39, 0.29) is 41.1 Å². The summed E-state index contributed by atoms with van der Waals surface area (Å²) in [5, 5.41) is 0. The number of sulfone groups is 1. The van der Waals surface area contributed by atoms with Crippen molar-refractivity contribution >= 4 is 9.84 Å². The van der Waals surface area contributed by atoms with E-state index in [4.69, 9.17) is 9.47 Å². The fourth-order valence-corrected chi connectivity index (χ4v) is 4.38. The Labute approximate surface area is 178 Å². The summed E-state index contributed by atoms with van der Waals surface area (Å²) >= 11 is 0.